The molecule has 5 nitrogen and oxygen atoms in total. The van der Waals surface area contributed by atoms with Crippen LogP contribution < -0.4 is 4.74 Å². The van der Waals surface area contributed by atoms with Gasteiger partial charge in [0.2, 0.25) is 11.8 Å². The van der Waals surface area contributed by atoms with Crippen LogP contribution >= 0.6 is 0 Å². The molecule has 98 valence electrons. The number of nitrogens with zero attached hydrogens (tertiary/aromatic N) is 4. The second kappa shape index (κ2) is 4.12. The van der Waals surface area contributed by atoms with E-state index in [-0.39, 0.29) is 0 Å². The monoisotopic (exact) mass is 268 g/mol. The molecule has 0 atom stereocenters. The molecule has 0 saturated heterocycles. The summed E-state index contributed by atoms with van der Waals surface area (Å²) in [6, 6.07) is 6.70. The zero-order valence-electron chi connectivity index (χ0n) is 10.3. The Balaban J connectivity index is 1.84. The molecule has 4 rings (SSSR count). The summed E-state index contributed by atoms with van der Waals surface area (Å²) in [4.78, 5) is 7.81. The molecule has 0 N–H and O–H groups in total. The van der Waals surface area contributed by atoms with Crippen molar-refractivity contribution >= 4 is 0 Å². The molecule has 1 aliphatic heterocycles. The maximum Gasteiger partial charge on any atom is 0.223 e. The smallest absolute Gasteiger partial charge is 0.223 e. The minimum Gasteiger partial charge on any atom is -0.472 e. The Morgan fingerprint density at radius 3 is 3.00 bits per heavy atom. The van der Waals surface area contributed by atoms with Gasteiger partial charge in [-0.15, -0.1) is 0 Å². The largest absolute Gasteiger partial charge is 0.472 e. The lowest BCUT2D eigenvalue weighted by Gasteiger charge is -2.14. The Labute approximate surface area is 113 Å². The molecule has 3 aromatic rings. The van der Waals surface area contributed by atoms with E-state index in [4.69, 9.17) is 4.74 Å². The summed E-state index contributed by atoms with van der Waals surface area (Å²) in [7, 11) is 0. The third-order valence-corrected chi connectivity index (χ3v) is 3.16. The molecule has 0 aromatic carbocycles. The summed E-state index contributed by atoms with van der Waals surface area (Å²) >= 11 is 0. The van der Waals surface area contributed by atoms with Crippen molar-refractivity contribution in [2.24, 2.45) is 0 Å². The Bertz CT molecular complexity index is 782. The summed E-state index contributed by atoms with van der Waals surface area (Å²) in [5.74, 6) is 0.0750. The van der Waals surface area contributed by atoms with Crippen molar-refractivity contribution in [1.29, 1.82) is 0 Å². The van der Waals surface area contributed by atoms with E-state index in [0.29, 0.717) is 18.2 Å². The van der Waals surface area contributed by atoms with Crippen LogP contribution in [-0.2, 0) is 6.61 Å². The van der Waals surface area contributed by atoms with E-state index in [1.807, 2.05) is 18.3 Å². The Morgan fingerprint density at radius 2 is 2.15 bits per heavy atom. The highest BCUT2D eigenvalue weighted by Gasteiger charge is 2.22. The van der Waals surface area contributed by atoms with Crippen LogP contribution in [0.25, 0.3) is 16.9 Å². The lowest BCUT2D eigenvalue weighted by atomic mass is 10.1. The first-order valence-corrected chi connectivity index (χ1v) is 6.10. The lowest BCUT2D eigenvalue weighted by molar-refractivity contribution is 0.290. The lowest BCUT2D eigenvalue weighted by Crippen LogP contribution is -2.05. The summed E-state index contributed by atoms with van der Waals surface area (Å²) in [6.45, 7) is 0.425. The van der Waals surface area contributed by atoms with Crippen LogP contribution in [-0.4, -0.2) is 19.7 Å². The maximum absolute atomic E-state index is 12.9. The minimum atomic E-state index is -0.511. The molecule has 0 spiro atoms. The second-order valence-electron chi connectivity index (χ2n) is 4.43. The predicted octanol–water partition coefficient (Wildman–Crippen LogP) is 2.36. The van der Waals surface area contributed by atoms with Gasteiger partial charge < -0.3 is 4.74 Å². The molecule has 6 heteroatoms. The van der Waals surface area contributed by atoms with E-state index in [0.717, 1.165) is 16.8 Å². The molecule has 0 aliphatic carbocycles. The van der Waals surface area contributed by atoms with Crippen LogP contribution in [0.2, 0.25) is 0 Å². The first kappa shape index (κ1) is 11.1. The highest BCUT2D eigenvalue weighted by atomic mass is 19.1. The number of ether oxygens (including phenoxy) is 1. The molecule has 20 heavy (non-hydrogen) atoms. The number of rotatable bonds is 1. The normalized spacial score (nSPS) is 12.4. The predicted molar refractivity (Wildman–Crippen MR) is 68.9 cm³/mol. The number of halogens is 1. The zero-order chi connectivity index (χ0) is 13.5. The summed E-state index contributed by atoms with van der Waals surface area (Å²) < 4.78 is 20.1. The standard InChI is InChI=1S/C14H9FN4O/c15-12-4-3-10(6-17-12)19-7-9-8-20-14-11(13(9)18-19)2-1-5-16-14/h1-7H,8H2. The quantitative estimate of drug-likeness (QED) is 0.636. The van der Waals surface area contributed by atoms with Crippen molar-refractivity contribution in [2.45, 2.75) is 6.61 Å². The van der Waals surface area contributed by atoms with Gasteiger partial charge in [-0.1, -0.05) is 0 Å². The number of pyridine rings is 2. The summed E-state index contributed by atoms with van der Waals surface area (Å²) in [5, 5.41) is 4.53. The second-order valence-corrected chi connectivity index (χ2v) is 4.43. The van der Waals surface area contributed by atoms with Crippen LogP contribution in [0, 0.1) is 5.95 Å². The molecule has 1 aliphatic rings. The van der Waals surface area contributed by atoms with Crippen LogP contribution in [0.4, 0.5) is 4.39 Å². The fourth-order valence-corrected chi connectivity index (χ4v) is 2.21. The first-order valence-electron chi connectivity index (χ1n) is 6.10. The summed E-state index contributed by atoms with van der Waals surface area (Å²) in [5.41, 5.74) is 3.37. The Morgan fingerprint density at radius 1 is 1.20 bits per heavy atom. The Hall–Kier alpha value is -2.76. The van der Waals surface area contributed by atoms with Gasteiger partial charge in [-0.2, -0.15) is 9.49 Å². The molecule has 0 radical (unpaired) electrons. The third-order valence-electron chi connectivity index (χ3n) is 3.16. The number of fused-ring (bicyclic) bond motifs is 3. The topological polar surface area (TPSA) is 52.8 Å². The van der Waals surface area contributed by atoms with Gasteiger partial charge in [-0.3, -0.25) is 0 Å². The van der Waals surface area contributed by atoms with Gasteiger partial charge in [0.15, 0.2) is 0 Å². The van der Waals surface area contributed by atoms with Gasteiger partial charge >= 0.3 is 0 Å². The minimum absolute atomic E-state index is 0.425. The van der Waals surface area contributed by atoms with E-state index >= 15 is 0 Å². The zero-order valence-corrected chi connectivity index (χ0v) is 10.3. The molecule has 0 amide bonds. The molecular formula is C14H9FN4O. The van der Waals surface area contributed by atoms with Gasteiger partial charge in [0, 0.05) is 18.0 Å². The highest BCUT2D eigenvalue weighted by molar-refractivity contribution is 5.69. The Kier molecular flexibility index (Phi) is 2.29. The summed E-state index contributed by atoms with van der Waals surface area (Å²) in [6.07, 6.45) is 4.99. The van der Waals surface area contributed by atoms with E-state index < -0.39 is 5.95 Å². The van der Waals surface area contributed by atoms with Crippen molar-refractivity contribution < 1.29 is 9.13 Å². The van der Waals surface area contributed by atoms with E-state index in [2.05, 4.69) is 15.1 Å². The van der Waals surface area contributed by atoms with Gasteiger partial charge in [0.1, 0.15) is 12.3 Å². The molecule has 3 aromatic heterocycles. The fraction of sp³-hybridized carbons (Fsp3) is 0.0714. The molecule has 0 unspecified atom stereocenters. The third kappa shape index (κ3) is 1.65. The number of aromatic nitrogens is 4. The van der Waals surface area contributed by atoms with E-state index in [1.165, 1.54) is 12.3 Å². The van der Waals surface area contributed by atoms with Crippen molar-refractivity contribution in [2.75, 3.05) is 0 Å². The molecule has 4 heterocycles. The van der Waals surface area contributed by atoms with Crippen molar-refractivity contribution in [1.82, 2.24) is 19.7 Å². The van der Waals surface area contributed by atoms with Gasteiger partial charge in [0.25, 0.3) is 0 Å². The van der Waals surface area contributed by atoms with Crippen molar-refractivity contribution in [3.63, 3.8) is 0 Å². The highest BCUT2D eigenvalue weighted by Crippen LogP contribution is 2.34. The average Bonchev–Trinajstić information content (AvgIpc) is 2.92. The van der Waals surface area contributed by atoms with Crippen LogP contribution in [0.15, 0.2) is 42.9 Å². The molecule has 0 bridgehead atoms. The maximum atomic E-state index is 12.9. The van der Waals surface area contributed by atoms with Crippen molar-refractivity contribution in [3.05, 3.63) is 54.4 Å². The first-order chi connectivity index (χ1) is 9.81. The van der Waals surface area contributed by atoms with E-state index in [9.17, 15) is 4.39 Å². The van der Waals surface area contributed by atoms with Crippen LogP contribution in [0.5, 0.6) is 5.88 Å². The number of hydrogen-bond donors (Lipinski definition) is 0. The molecular weight excluding hydrogens is 259 g/mol. The van der Waals surface area contributed by atoms with Gasteiger partial charge in [-0.05, 0) is 24.3 Å². The molecule has 0 fully saturated rings. The average molecular weight is 268 g/mol. The van der Waals surface area contributed by atoms with Gasteiger partial charge in [0.05, 0.1) is 17.4 Å². The fourth-order valence-electron chi connectivity index (χ4n) is 2.21. The molecule has 0 saturated carbocycles. The van der Waals surface area contributed by atoms with Crippen LogP contribution in [0.3, 0.4) is 0 Å². The van der Waals surface area contributed by atoms with E-state index in [1.54, 1.807) is 16.9 Å². The van der Waals surface area contributed by atoms with Gasteiger partial charge in [-0.25, -0.2) is 14.6 Å². The SMILES string of the molecule is Fc1ccc(-n2cc3c(n2)-c2cccnc2OC3)cn1. The van der Waals surface area contributed by atoms with Crippen molar-refractivity contribution in [3.8, 4) is 22.8 Å². The number of hydrogen-bond acceptors (Lipinski definition) is 4. The van der Waals surface area contributed by atoms with Crippen LogP contribution in [0.1, 0.15) is 5.56 Å².